The molecule has 0 aromatic heterocycles. The Morgan fingerprint density at radius 3 is 2.83 bits per heavy atom. The first-order chi connectivity index (χ1) is 8.76. The van der Waals surface area contributed by atoms with Crippen molar-refractivity contribution in [2.45, 2.75) is 44.2 Å². The zero-order valence-electron chi connectivity index (χ0n) is 11.2. The van der Waals surface area contributed by atoms with Gasteiger partial charge >= 0.3 is 0 Å². The van der Waals surface area contributed by atoms with Crippen molar-refractivity contribution in [3.05, 3.63) is 0 Å². The molecule has 2 atom stereocenters. The number of rotatable bonds is 5. The fraction of sp³-hybridized carbons (Fsp3) is 1.00. The van der Waals surface area contributed by atoms with Gasteiger partial charge in [-0.05, 0) is 32.1 Å². The van der Waals surface area contributed by atoms with E-state index in [1.165, 1.54) is 25.7 Å². The molecule has 3 fully saturated rings. The van der Waals surface area contributed by atoms with E-state index in [0.717, 1.165) is 51.9 Å². The van der Waals surface area contributed by atoms with Crippen LogP contribution in [0, 0.1) is 5.41 Å². The average Bonchev–Trinajstić information content (AvgIpc) is 3.12. The maximum atomic E-state index is 9.65. The molecule has 2 N–H and O–H groups in total. The third-order valence-electron chi connectivity index (χ3n) is 4.55. The van der Waals surface area contributed by atoms with E-state index in [0.29, 0.717) is 0 Å². The minimum atomic E-state index is -0.108. The average molecular weight is 254 g/mol. The Bertz CT molecular complexity index is 275. The number of nitrogens with zero attached hydrogens (tertiary/aromatic N) is 1. The van der Waals surface area contributed by atoms with Crippen LogP contribution in [-0.4, -0.2) is 61.5 Å². The zero-order valence-corrected chi connectivity index (χ0v) is 11.2. The molecule has 0 amide bonds. The highest BCUT2D eigenvalue weighted by Crippen LogP contribution is 2.32. The Kier molecular flexibility index (Phi) is 3.89. The molecule has 104 valence electrons. The minimum Gasteiger partial charge on any atom is -0.392 e. The quantitative estimate of drug-likeness (QED) is 0.754. The SMILES string of the molecule is OC1CCN(CC2(CNC3CC3)CCCOC2)C1. The van der Waals surface area contributed by atoms with Crippen molar-refractivity contribution >= 4 is 0 Å². The van der Waals surface area contributed by atoms with Crippen LogP contribution in [0.1, 0.15) is 32.1 Å². The van der Waals surface area contributed by atoms with Gasteiger partial charge in [-0.15, -0.1) is 0 Å². The lowest BCUT2D eigenvalue weighted by atomic mass is 9.81. The molecule has 0 bridgehead atoms. The summed E-state index contributed by atoms with van der Waals surface area (Å²) in [5.74, 6) is 0. The van der Waals surface area contributed by atoms with Gasteiger partial charge in [-0.2, -0.15) is 0 Å². The number of aliphatic hydroxyl groups excluding tert-OH is 1. The lowest BCUT2D eigenvalue weighted by molar-refractivity contribution is -0.0245. The van der Waals surface area contributed by atoms with E-state index >= 15 is 0 Å². The molecule has 2 unspecified atom stereocenters. The van der Waals surface area contributed by atoms with Crippen molar-refractivity contribution in [2.75, 3.05) is 39.4 Å². The summed E-state index contributed by atoms with van der Waals surface area (Å²) in [7, 11) is 0. The fourth-order valence-electron chi connectivity index (χ4n) is 3.31. The van der Waals surface area contributed by atoms with Gasteiger partial charge in [-0.25, -0.2) is 0 Å². The van der Waals surface area contributed by atoms with Crippen LogP contribution >= 0.6 is 0 Å². The number of hydrogen-bond donors (Lipinski definition) is 2. The van der Waals surface area contributed by atoms with Gasteiger partial charge < -0.3 is 15.2 Å². The number of likely N-dealkylation sites (tertiary alicyclic amines) is 1. The van der Waals surface area contributed by atoms with Crippen LogP contribution in [0.25, 0.3) is 0 Å². The summed E-state index contributed by atoms with van der Waals surface area (Å²) in [4.78, 5) is 2.42. The molecule has 2 aliphatic heterocycles. The van der Waals surface area contributed by atoms with E-state index in [-0.39, 0.29) is 11.5 Å². The van der Waals surface area contributed by atoms with Gasteiger partial charge in [-0.3, -0.25) is 4.90 Å². The highest BCUT2D eigenvalue weighted by Gasteiger charge is 2.37. The molecule has 18 heavy (non-hydrogen) atoms. The molecule has 0 aromatic carbocycles. The first-order valence-corrected chi connectivity index (χ1v) is 7.47. The normalized spacial score (nSPS) is 38.2. The molecule has 0 aromatic rings. The van der Waals surface area contributed by atoms with Gasteiger partial charge in [-0.1, -0.05) is 0 Å². The summed E-state index contributed by atoms with van der Waals surface area (Å²) in [6.07, 6.45) is 5.97. The zero-order chi connectivity index (χ0) is 12.4. The van der Waals surface area contributed by atoms with E-state index < -0.39 is 0 Å². The largest absolute Gasteiger partial charge is 0.392 e. The molecule has 2 saturated heterocycles. The molecule has 4 nitrogen and oxygen atoms in total. The monoisotopic (exact) mass is 254 g/mol. The number of ether oxygens (including phenoxy) is 1. The van der Waals surface area contributed by atoms with Crippen LogP contribution in [0.5, 0.6) is 0 Å². The van der Waals surface area contributed by atoms with Gasteiger partial charge in [0.15, 0.2) is 0 Å². The molecule has 0 spiro atoms. The second kappa shape index (κ2) is 5.45. The fourth-order valence-corrected chi connectivity index (χ4v) is 3.31. The predicted molar refractivity (Wildman–Crippen MR) is 70.6 cm³/mol. The van der Waals surface area contributed by atoms with E-state index in [1.54, 1.807) is 0 Å². The predicted octanol–water partition coefficient (Wildman–Crippen LogP) is 0.602. The van der Waals surface area contributed by atoms with Crippen LogP contribution < -0.4 is 5.32 Å². The highest BCUT2D eigenvalue weighted by molar-refractivity contribution is 4.92. The number of nitrogens with one attached hydrogen (secondary N) is 1. The summed E-state index contributed by atoms with van der Waals surface area (Å²) in [6.45, 7) is 5.89. The summed E-state index contributed by atoms with van der Waals surface area (Å²) < 4.78 is 5.75. The molecule has 4 heteroatoms. The Hall–Kier alpha value is -0.160. The van der Waals surface area contributed by atoms with Gasteiger partial charge in [0, 0.05) is 44.2 Å². The van der Waals surface area contributed by atoms with Crippen LogP contribution in [0.4, 0.5) is 0 Å². The summed E-state index contributed by atoms with van der Waals surface area (Å²) in [5, 5.41) is 13.3. The maximum absolute atomic E-state index is 9.65. The summed E-state index contributed by atoms with van der Waals surface area (Å²) >= 11 is 0. The standard InChI is InChI=1S/C14H26N2O2/c17-13-4-6-16(8-13)10-14(5-1-7-18-11-14)9-15-12-2-3-12/h12-13,15,17H,1-11H2. The van der Waals surface area contributed by atoms with Crippen LogP contribution in [0.15, 0.2) is 0 Å². The van der Waals surface area contributed by atoms with Crippen molar-refractivity contribution in [3.8, 4) is 0 Å². The van der Waals surface area contributed by atoms with Crippen molar-refractivity contribution < 1.29 is 9.84 Å². The first kappa shape index (κ1) is 12.9. The second-order valence-electron chi connectivity index (χ2n) is 6.49. The smallest absolute Gasteiger partial charge is 0.0679 e. The number of β-amino-alcohol motifs (C(OH)–C–C–N with tert-alkyl or cyclic N) is 1. The lowest BCUT2D eigenvalue weighted by Gasteiger charge is -2.40. The van der Waals surface area contributed by atoms with Gasteiger partial charge in [0.2, 0.25) is 0 Å². The van der Waals surface area contributed by atoms with Crippen LogP contribution in [0.3, 0.4) is 0 Å². The third kappa shape index (κ3) is 3.23. The van der Waals surface area contributed by atoms with Crippen molar-refractivity contribution in [3.63, 3.8) is 0 Å². The van der Waals surface area contributed by atoms with E-state index in [2.05, 4.69) is 10.2 Å². The minimum absolute atomic E-state index is 0.108. The topological polar surface area (TPSA) is 44.7 Å². The second-order valence-corrected chi connectivity index (χ2v) is 6.49. The van der Waals surface area contributed by atoms with Crippen molar-refractivity contribution in [1.29, 1.82) is 0 Å². The molecule has 3 rings (SSSR count). The van der Waals surface area contributed by atoms with E-state index in [4.69, 9.17) is 4.74 Å². The third-order valence-corrected chi connectivity index (χ3v) is 4.55. The maximum Gasteiger partial charge on any atom is 0.0679 e. The van der Waals surface area contributed by atoms with Crippen LogP contribution in [-0.2, 0) is 4.74 Å². The number of aliphatic hydroxyl groups is 1. The molecule has 3 aliphatic rings. The van der Waals surface area contributed by atoms with E-state index in [9.17, 15) is 5.11 Å². The van der Waals surface area contributed by atoms with Crippen molar-refractivity contribution in [2.24, 2.45) is 5.41 Å². The van der Waals surface area contributed by atoms with Crippen molar-refractivity contribution in [1.82, 2.24) is 10.2 Å². The molecule has 1 saturated carbocycles. The van der Waals surface area contributed by atoms with E-state index in [1.807, 2.05) is 0 Å². The molecular formula is C14H26N2O2. The Morgan fingerprint density at radius 1 is 1.33 bits per heavy atom. The summed E-state index contributed by atoms with van der Waals surface area (Å²) in [6, 6.07) is 0.771. The molecular weight excluding hydrogens is 228 g/mol. The highest BCUT2D eigenvalue weighted by atomic mass is 16.5. The molecule has 1 aliphatic carbocycles. The number of hydrogen-bond acceptors (Lipinski definition) is 4. The Morgan fingerprint density at radius 2 is 2.22 bits per heavy atom. The van der Waals surface area contributed by atoms with Gasteiger partial charge in [0.05, 0.1) is 12.7 Å². The van der Waals surface area contributed by atoms with Gasteiger partial charge in [0.25, 0.3) is 0 Å². The van der Waals surface area contributed by atoms with Gasteiger partial charge in [0.1, 0.15) is 0 Å². The summed E-state index contributed by atoms with van der Waals surface area (Å²) in [5.41, 5.74) is 0.283. The first-order valence-electron chi connectivity index (χ1n) is 7.47. The Balaban J connectivity index is 1.56. The van der Waals surface area contributed by atoms with Crippen LogP contribution in [0.2, 0.25) is 0 Å². The lowest BCUT2D eigenvalue weighted by Crippen LogP contribution is -2.49. The molecule has 2 heterocycles. The Labute approximate surface area is 110 Å². The molecule has 0 radical (unpaired) electrons.